The van der Waals surface area contributed by atoms with Crippen molar-refractivity contribution in [2.45, 2.75) is 52.4 Å². The Labute approximate surface area is 377 Å². The number of nitrogens with zero attached hydrogens (tertiary/aromatic N) is 3. The molecule has 308 valence electrons. The number of para-hydroxylation sites is 3. The van der Waals surface area contributed by atoms with Crippen molar-refractivity contribution in [1.82, 2.24) is 14.5 Å². The van der Waals surface area contributed by atoms with Gasteiger partial charge in [0.15, 0.2) is 0 Å². The molecule has 0 atom stereocenters. The van der Waals surface area contributed by atoms with Gasteiger partial charge in [0.2, 0.25) is 0 Å². The van der Waals surface area contributed by atoms with Crippen molar-refractivity contribution in [2.24, 2.45) is 0 Å². The molecule has 0 spiro atoms. The summed E-state index contributed by atoms with van der Waals surface area (Å²) in [5, 5.41) is 15.5. The van der Waals surface area contributed by atoms with E-state index in [1.54, 1.807) is 12.3 Å². The van der Waals surface area contributed by atoms with Crippen molar-refractivity contribution >= 4 is 32.6 Å². The van der Waals surface area contributed by atoms with E-state index in [0.29, 0.717) is 11.3 Å². The van der Waals surface area contributed by atoms with E-state index in [9.17, 15) is 5.11 Å². The van der Waals surface area contributed by atoms with Crippen LogP contribution in [0.25, 0.3) is 94.3 Å². The fourth-order valence-corrected chi connectivity index (χ4v) is 8.51. The summed E-state index contributed by atoms with van der Waals surface area (Å²) in [4.78, 5) is 10.1. The van der Waals surface area contributed by atoms with Gasteiger partial charge in [0.05, 0.1) is 28.7 Å². The van der Waals surface area contributed by atoms with E-state index in [4.69, 9.17) is 14.4 Å². The minimum absolute atomic E-state index is 0. The fraction of sp³-hybridized carbons (Fsp3) is 0.143. The number of benzene rings is 6. The predicted molar refractivity (Wildman–Crippen MR) is 251 cm³/mol. The number of pyridine rings is 2. The summed E-state index contributed by atoms with van der Waals surface area (Å²) in [6.45, 7) is 13.6. The van der Waals surface area contributed by atoms with E-state index in [1.165, 1.54) is 21.9 Å². The summed E-state index contributed by atoms with van der Waals surface area (Å²) < 4.78 is 8.07. The molecule has 0 aliphatic heterocycles. The third-order valence-corrected chi connectivity index (χ3v) is 11.9. The van der Waals surface area contributed by atoms with Gasteiger partial charge in [0.25, 0.3) is 0 Å². The minimum Gasteiger partial charge on any atom is -0.507 e. The molecule has 62 heavy (non-hydrogen) atoms. The number of aromatic nitrogens is 3. The zero-order valence-electron chi connectivity index (χ0n) is 35.6. The van der Waals surface area contributed by atoms with Crippen molar-refractivity contribution in [3.05, 3.63) is 182 Å². The standard InChI is InChI=1S/C56H46N3O2.Pt/c1-55(2,3)41-27-39(28-42(32-41)56(4,5)6)40-30-49(58-50(31-40)46-18-8-10-23-53(46)60)37-15-11-14-36(26-37)48-29-35(24-25-57-48)43-19-13-20-45-44-17-7-9-21-51(44)59(54(43)45)52-22-12-16-38-33-61-34-47(38)52;/h7-25,27-34,60H,1-6H3;/q-1;. The Balaban J connectivity index is 0.00000490. The molecule has 0 fully saturated rings. The second-order valence-electron chi connectivity index (χ2n) is 18.1. The van der Waals surface area contributed by atoms with Gasteiger partial charge < -0.3 is 14.1 Å². The Morgan fingerprint density at radius 2 is 1.18 bits per heavy atom. The smallest absolute Gasteiger partial charge is 0.124 e. The van der Waals surface area contributed by atoms with Crippen LogP contribution in [0.5, 0.6) is 5.75 Å². The maximum atomic E-state index is 11.1. The first-order valence-electron chi connectivity index (χ1n) is 20.8. The molecular formula is C56H46N3O2Pt-. The number of hydrogen-bond acceptors (Lipinski definition) is 4. The number of rotatable bonds is 6. The zero-order valence-corrected chi connectivity index (χ0v) is 37.9. The molecule has 10 rings (SSSR count). The molecule has 6 heteroatoms. The quantitative estimate of drug-likeness (QED) is 0.169. The molecule has 4 aromatic heterocycles. The first-order chi connectivity index (χ1) is 29.4. The molecule has 0 saturated carbocycles. The van der Waals surface area contributed by atoms with Crippen LogP contribution in [0.3, 0.4) is 0 Å². The molecule has 0 saturated heterocycles. The Morgan fingerprint density at radius 3 is 1.95 bits per heavy atom. The largest absolute Gasteiger partial charge is 0.507 e. The summed E-state index contributed by atoms with van der Waals surface area (Å²) in [6, 6.07) is 54.2. The summed E-state index contributed by atoms with van der Waals surface area (Å²) in [5.74, 6) is 0.186. The van der Waals surface area contributed by atoms with E-state index in [0.717, 1.165) is 72.3 Å². The van der Waals surface area contributed by atoms with Gasteiger partial charge in [0, 0.05) is 71.3 Å². The van der Waals surface area contributed by atoms with E-state index in [2.05, 4.69) is 167 Å². The van der Waals surface area contributed by atoms with Gasteiger partial charge in [-0.15, -0.1) is 24.3 Å². The summed E-state index contributed by atoms with van der Waals surface area (Å²) in [6.07, 6.45) is 5.53. The molecule has 10 aromatic rings. The van der Waals surface area contributed by atoms with Crippen molar-refractivity contribution in [1.29, 1.82) is 0 Å². The average molecular weight is 988 g/mol. The number of phenols is 1. The third kappa shape index (κ3) is 7.35. The zero-order chi connectivity index (χ0) is 42.0. The molecule has 0 amide bonds. The normalized spacial score (nSPS) is 12.0. The molecule has 0 bridgehead atoms. The maximum absolute atomic E-state index is 11.1. The van der Waals surface area contributed by atoms with Gasteiger partial charge in [-0.1, -0.05) is 144 Å². The van der Waals surface area contributed by atoms with Crippen molar-refractivity contribution in [3.8, 4) is 67.5 Å². The van der Waals surface area contributed by atoms with E-state index in [1.807, 2.05) is 36.7 Å². The summed E-state index contributed by atoms with van der Waals surface area (Å²) in [7, 11) is 0. The SMILES string of the molecule is CC(C)(C)c1cc(-c2cc(-c3[c-]c(-c4cc(-c5cccc6c7ccccc7n(-c7cccc8cocc78)c56)ccn4)ccc3)nc(-c3ccccc3O)c2)cc(C(C)(C)C)c1.[Pt]. The summed E-state index contributed by atoms with van der Waals surface area (Å²) >= 11 is 0. The molecule has 0 aliphatic carbocycles. The van der Waals surface area contributed by atoms with E-state index < -0.39 is 0 Å². The fourth-order valence-electron chi connectivity index (χ4n) is 8.51. The van der Waals surface area contributed by atoms with Crippen LogP contribution < -0.4 is 0 Å². The number of hydrogen-bond donors (Lipinski definition) is 1. The van der Waals surface area contributed by atoms with Crippen LogP contribution >= 0.6 is 0 Å². The van der Waals surface area contributed by atoms with Crippen LogP contribution in [-0.4, -0.2) is 19.6 Å². The molecular weight excluding hydrogens is 942 g/mol. The Morgan fingerprint density at radius 1 is 0.548 bits per heavy atom. The van der Waals surface area contributed by atoms with Crippen LogP contribution in [0.15, 0.2) is 169 Å². The molecule has 0 radical (unpaired) electrons. The van der Waals surface area contributed by atoms with Gasteiger partial charge in [-0.05, 0) is 75.0 Å². The second kappa shape index (κ2) is 15.7. The van der Waals surface area contributed by atoms with Crippen molar-refractivity contribution < 1.29 is 30.6 Å². The maximum Gasteiger partial charge on any atom is 0.124 e. The number of aromatic hydroxyl groups is 1. The molecule has 0 unspecified atom stereocenters. The Kier molecular flexibility index (Phi) is 10.4. The van der Waals surface area contributed by atoms with Crippen molar-refractivity contribution in [3.63, 3.8) is 0 Å². The Bertz CT molecular complexity index is 3270. The number of phenolic OH excluding ortho intramolecular Hbond substituents is 1. The Hall–Kier alpha value is -6.55. The predicted octanol–water partition coefficient (Wildman–Crippen LogP) is 14.8. The molecule has 1 N–H and O–H groups in total. The van der Waals surface area contributed by atoms with Gasteiger partial charge in [0.1, 0.15) is 12.0 Å². The molecule has 5 nitrogen and oxygen atoms in total. The van der Waals surface area contributed by atoms with Gasteiger partial charge in [-0.3, -0.25) is 9.97 Å². The molecule has 6 aromatic carbocycles. The molecule has 4 heterocycles. The van der Waals surface area contributed by atoms with Crippen LogP contribution in [-0.2, 0) is 31.9 Å². The van der Waals surface area contributed by atoms with Gasteiger partial charge >= 0.3 is 0 Å². The van der Waals surface area contributed by atoms with Crippen molar-refractivity contribution in [2.75, 3.05) is 0 Å². The monoisotopic (exact) mass is 987 g/mol. The van der Waals surface area contributed by atoms with Gasteiger partial charge in [-0.25, -0.2) is 0 Å². The number of furan rings is 1. The average Bonchev–Trinajstić information content (AvgIpc) is 3.89. The van der Waals surface area contributed by atoms with Gasteiger partial charge in [-0.2, -0.15) is 0 Å². The third-order valence-electron chi connectivity index (χ3n) is 11.9. The van der Waals surface area contributed by atoms with Crippen LogP contribution in [0.2, 0.25) is 0 Å². The van der Waals surface area contributed by atoms with E-state index in [-0.39, 0.29) is 37.6 Å². The summed E-state index contributed by atoms with van der Waals surface area (Å²) in [5.41, 5.74) is 14.7. The minimum atomic E-state index is -0.0496. The first-order valence-corrected chi connectivity index (χ1v) is 20.8. The second-order valence-corrected chi connectivity index (χ2v) is 18.1. The molecule has 0 aliphatic rings. The van der Waals surface area contributed by atoms with Crippen LogP contribution in [0.1, 0.15) is 52.7 Å². The van der Waals surface area contributed by atoms with E-state index >= 15 is 0 Å². The topological polar surface area (TPSA) is 64.1 Å². The van der Waals surface area contributed by atoms with Crippen LogP contribution in [0, 0.1) is 6.07 Å². The van der Waals surface area contributed by atoms with Crippen LogP contribution in [0.4, 0.5) is 0 Å². The first kappa shape index (κ1) is 40.8. The number of fused-ring (bicyclic) bond motifs is 4.